The first-order valence-corrected chi connectivity index (χ1v) is 19.3. The third kappa shape index (κ3) is 8.41. The van der Waals surface area contributed by atoms with E-state index in [0.29, 0.717) is 53.7 Å². The highest BCUT2D eigenvalue weighted by molar-refractivity contribution is 5.88. The van der Waals surface area contributed by atoms with E-state index in [0.717, 1.165) is 37.7 Å². The molecule has 4 fully saturated rings. The molecule has 1 aromatic carbocycles. The van der Waals surface area contributed by atoms with Gasteiger partial charge in [-0.05, 0) is 127 Å². The number of carboxylic acid groups (broad SMARTS) is 1. The maximum absolute atomic E-state index is 13.8. The van der Waals surface area contributed by atoms with E-state index in [9.17, 15) is 19.5 Å². The quantitative estimate of drug-likeness (QED) is 0.286. The Morgan fingerprint density at radius 1 is 0.811 bits per heavy atom. The van der Waals surface area contributed by atoms with E-state index in [1.54, 1.807) is 31.0 Å². The molecular formula is C47H70N2O4. The van der Waals surface area contributed by atoms with Gasteiger partial charge in [-0.1, -0.05) is 73.6 Å². The van der Waals surface area contributed by atoms with Crippen molar-refractivity contribution in [2.45, 2.75) is 120 Å². The van der Waals surface area contributed by atoms with Crippen molar-refractivity contribution in [3.05, 3.63) is 41.5 Å². The third-order valence-electron chi connectivity index (χ3n) is 14.3. The minimum Gasteiger partial charge on any atom is -0.478 e. The first-order valence-electron chi connectivity index (χ1n) is 19.3. The van der Waals surface area contributed by atoms with Crippen LogP contribution in [0.5, 0.6) is 0 Å². The Morgan fingerprint density at radius 3 is 1.98 bits per heavy atom. The molecule has 0 aliphatic heterocycles. The Kier molecular flexibility index (Phi) is 17.2. The second kappa shape index (κ2) is 19.4. The minimum atomic E-state index is -0.876. The topological polar surface area (TPSA) is 86.7 Å². The van der Waals surface area contributed by atoms with Crippen molar-refractivity contribution in [1.29, 1.82) is 0 Å². The molecule has 0 heterocycles. The average Bonchev–Trinajstić information content (AvgIpc) is 3.61. The van der Waals surface area contributed by atoms with Gasteiger partial charge in [-0.25, -0.2) is 4.79 Å². The smallest absolute Gasteiger partial charge is 0.335 e. The number of carbonyl (C=O) groups is 3. The summed E-state index contributed by atoms with van der Waals surface area (Å²) in [4.78, 5) is 38.6. The molecule has 1 aromatic rings. The number of rotatable bonds is 6. The molecule has 4 saturated carbocycles. The molecule has 6 heteroatoms. The largest absolute Gasteiger partial charge is 0.478 e. The van der Waals surface area contributed by atoms with E-state index >= 15 is 0 Å². The van der Waals surface area contributed by atoms with Gasteiger partial charge in [-0.15, -0.1) is 38.5 Å². The number of aromatic carboxylic acids is 1. The van der Waals surface area contributed by atoms with Gasteiger partial charge in [0, 0.05) is 27.1 Å². The van der Waals surface area contributed by atoms with Crippen LogP contribution >= 0.6 is 0 Å². The van der Waals surface area contributed by atoms with Gasteiger partial charge in [0.15, 0.2) is 0 Å². The molecule has 0 spiro atoms. The van der Waals surface area contributed by atoms with Crippen LogP contribution in [0.2, 0.25) is 0 Å². The lowest BCUT2D eigenvalue weighted by Crippen LogP contribution is -2.62. The normalized spacial score (nSPS) is 32.3. The highest BCUT2D eigenvalue weighted by Crippen LogP contribution is 2.73. The molecule has 53 heavy (non-hydrogen) atoms. The van der Waals surface area contributed by atoms with Crippen LogP contribution < -0.4 is 5.32 Å². The Bertz CT molecular complexity index is 1470. The molecule has 8 atom stereocenters. The fraction of sp³-hybridized carbons (Fsp3) is 0.638. The standard InChI is InChI=1S/C38H54N2O4.C2H6.3C2H2.CH4/c1-24(41)40(6)23-22-39-34(44)38-18-7-8-30(38)27-13-14-32-36(4,29(27)16-21-38)20-17-31-35(2,3)28(15-19-37(31,32)5)25-9-11-26(12-10-25)33(42)43;4*1-2;/h9-12,15,27,29-32H,7-8,13-14,16-23H2,1-6H3,(H,39,44)(H,42,43);1-2H3;3*1-2H;1H4/t27-,29?,30?,31?,32?,36-,37-,38-;;;;;/m0...../s1. The van der Waals surface area contributed by atoms with Gasteiger partial charge in [0.25, 0.3) is 0 Å². The number of nitrogens with one attached hydrogen (secondary N) is 1. The van der Waals surface area contributed by atoms with Crippen LogP contribution in [0, 0.1) is 89.8 Å². The number of benzene rings is 1. The fourth-order valence-corrected chi connectivity index (χ4v) is 12.2. The molecule has 5 aliphatic carbocycles. The van der Waals surface area contributed by atoms with E-state index in [1.165, 1.54) is 37.7 Å². The summed E-state index contributed by atoms with van der Waals surface area (Å²) in [5.74, 6) is 2.46. The first kappa shape index (κ1) is 47.1. The summed E-state index contributed by atoms with van der Waals surface area (Å²) in [6, 6.07) is 7.51. The number of nitrogens with zero attached hydrogens (tertiary/aromatic N) is 1. The molecule has 2 N–H and O–H groups in total. The number of terminal acetylenes is 3. The fourth-order valence-electron chi connectivity index (χ4n) is 12.2. The second-order valence-electron chi connectivity index (χ2n) is 16.3. The zero-order valence-corrected chi connectivity index (χ0v) is 33.3. The van der Waals surface area contributed by atoms with E-state index < -0.39 is 5.97 Å². The van der Waals surface area contributed by atoms with Gasteiger partial charge in [-0.3, -0.25) is 9.59 Å². The highest BCUT2D eigenvalue weighted by atomic mass is 16.4. The summed E-state index contributed by atoms with van der Waals surface area (Å²) in [7, 11) is 1.80. The van der Waals surface area contributed by atoms with Crippen molar-refractivity contribution < 1.29 is 19.5 Å². The lowest BCUT2D eigenvalue weighted by molar-refractivity contribution is -0.181. The molecule has 0 bridgehead atoms. The lowest BCUT2D eigenvalue weighted by atomic mass is 9.36. The number of likely N-dealkylation sites (N-methyl/N-ethyl adjacent to an activating group) is 1. The number of allylic oxidation sites excluding steroid dienone is 2. The van der Waals surface area contributed by atoms with Gasteiger partial charge in [0.05, 0.1) is 11.0 Å². The summed E-state index contributed by atoms with van der Waals surface area (Å²) in [5.41, 5.74) is 3.20. The number of hydrogen-bond acceptors (Lipinski definition) is 3. The molecule has 0 saturated heterocycles. The van der Waals surface area contributed by atoms with Gasteiger partial charge < -0.3 is 15.3 Å². The van der Waals surface area contributed by atoms with Crippen molar-refractivity contribution in [2.24, 2.45) is 51.2 Å². The van der Waals surface area contributed by atoms with Crippen molar-refractivity contribution in [2.75, 3.05) is 20.1 Å². The number of amides is 2. The summed E-state index contributed by atoms with van der Waals surface area (Å²) >= 11 is 0. The van der Waals surface area contributed by atoms with Crippen molar-refractivity contribution in [1.82, 2.24) is 10.2 Å². The lowest BCUT2D eigenvalue weighted by Gasteiger charge is -2.68. The van der Waals surface area contributed by atoms with E-state index in [-0.39, 0.29) is 35.5 Å². The average molecular weight is 727 g/mol. The Balaban J connectivity index is 0.00000146. The van der Waals surface area contributed by atoms with Crippen molar-refractivity contribution >= 4 is 23.4 Å². The Labute approximate surface area is 323 Å². The molecule has 2 amide bonds. The molecule has 0 radical (unpaired) electrons. The SMILES string of the molecule is C.C#C.C#C.C#C.CC.CC(=O)N(C)CCNC(=O)[C@]12CCCC1[C@H]1CCC3[C@@](C)(CCC4C(C)(C)C(c5ccc(C(=O)O)cc5)=CC[C@@]43C)C1CC2. The monoisotopic (exact) mass is 727 g/mol. The summed E-state index contributed by atoms with van der Waals surface area (Å²) in [5, 5.41) is 12.7. The summed E-state index contributed by atoms with van der Waals surface area (Å²) in [6.07, 6.45) is 38.1. The summed E-state index contributed by atoms with van der Waals surface area (Å²) < 4.78 is 0. The zero-order chi connectivity index (χ0) is 39.7. The number of carboxylic acids is 1. The molecular weight excluding hydrogens is 657 g/mol. The summed E-state index contributed by atoms with van der Waals surface area (Å²) in [6.45, 7) is 16.8. The van der Waals surface area contributed by atoms with Gasteiger partial charge in [0.1, 0.15) is 0 Å². The Hall–Kier alpha value is -3.95. The zero-order valence-electron chi connectivity index (χ0n) is 33.3. The van der Waals surface area contributed by atoms with Gasteiger partial charge in [-0.2, -0.15) is 0 Å². The number of carbonyl (C=O) groups excluding carboxylic acids is 2. The molecule has 6 rings (SSSR count). The van der Waals surface area contributed by atoms with Crippen LogP contribution in [0.25, 0.3) is 5.57 Å². The number of hydrogen-bond donors (Lipinski definition) is 2. The van der Waals surface area contributed by atoms with Crippen molar-refractivity contribution in [3.8, 4) is 38.5 Å². The maximum atomic E-state index is 13.8. The third-order valence-corrected chi connectivity index (χ3v) is 14.3. The highest BCUT2D eigenvalue weighted by Gasteiger charge is 2.66. The maximum Gasteiger partial charge on any atom is 0.335 e. The van der Waals surface area contributed by atoms with Crippen LogP contribution in [0.4, 0.5) is 0 Å². The molecule has 6 nitrogen and oxygen atoms in total. The van der Waals surface area contributed by atoms with Gasteiger partial charge >= 0.3 is 5.97 Å². The second-order valence-corrected chi connectivity index (χ2v) is 16.3. The van der Waals surface area contributed by atoms with Gasteiger partial charge in [0.2, 0.25) is 11.8 Å². The predicted molar refractivity (Wildman–Crippen MR) is 221 cm³/mol. The number of fused-ring (bicyclic) bond motifs is 7. The minimum absolute atomic E-state index is 0. The van der Waals surface area contributed by atoms with Crippen LogP contribution in [-0.2, 0) is 9.59 Å². The van der Waals surface area contributed by atoms with Crippen LogP contribution in [0.3, 0.4) is 0 Å². The van der Waals surface area contributed by atoms with Crippen LogP contribution in [0.15, 0.2) is 30.3 Å². The van der Waals surface area contributed by atoms with E-state index in [1.807, 2.05) is 26.0 Å². The predicted octanol–water partition coefficient (Wildman–Crippen LogP) is 9.85. The molecule has 292 valence electrons. The van der Waals surface area contributed by atoms with E-state index in [4.69, 9.17) is 0 Å². The molecule has 0 aromatic heterocycles. The Morgan fingerprint density at radius 2 is 1.42 bits per heavy atom. The first-order chi connectivity index (χ1) is 24.8. The molecule has 4 unspecified atom stereocenters. The van der Waals surface area contributed by atoms with Crippen LogP contribution in [0.1, 0.15) is 136 Å². The molecule has 5 aliphatic rings. The van der Waals surface area contributed by atoms with Crippen LogP contribution in [-0.4, -0.2) is 47.9 Å². The van der Waals surface area contributed by atoms with E-state index in [2.05, 4.69) is 77.6 Å². The van der Waals surface area contributed by atoms with Crippen molar-refractivity contribution in [3.63, 3.8) is 0 Å².